The zero-order valence-corrected chi connectivity index (χ0v) is 13.3. The monoisotopic (exact) mass is 322 g/mol. The first-order valence-corrected chi connectivity index (χ1v) is 8.37. The van der Waals surface area contributed by atoms with Crippen LogP contribution in [0, 0.1) is 0 Å². The van der Waals surface area contributed by atoms with E-state index < -0.39 is 0 Å². The van der Waals surface area contributed by atoms with E-state index in [1.807, 2.05) is 18.5 Å². The number of hydrogen-bond donors (Lipinski definition) is 0. The van der Waals surface area contributed by atoms with Crippen LogP contribution in [0.4, 0.5) is 11.8 Å². The highest BCUT2D eigenvalue weighted by atomic mass is 15.4. The molecule has 1 saturated heterocycles. The van der Waals surface area contributed by atoms with E-state index in [2.05, 4.69) is 39.3 Å². The van der Waals surface area contributed by atoms with Crippen molar-refractivity contribution in [3.8, 4) is 0 Å². The Bertz CT molecular complexity index is 849. The fraction of sp³-hybridized carbons (Fsp3) is 0.438. The summed E-state index contributed by atoms with van der Waals surface area (Å²) >= 11 is 0. The maximum atomic E-state index is 4.57. The predicted octanol–water partition coefficient (Wildman–Crippen LogP) is 1.12. The van der Waals surface area contributed by atoms with Crippen molar-refractivity contribution in [1.82, 2.24) is 29.5 Å². The van der Waals surface area contributed by atoms with Gasteiger partial charge in [0.2, 0.25) is 11.6 Å². The molecule has 0 N–H and O–H groups in total. The number of rotatable bonds is 3. The van der Waals surface area contributed by atoms with Crippen LogP contribution in [-0.4, -0.2) is 55.7 Å². The summed E-state index contributed by atoms with van der Waals surface area (Å²) < 4.78 is 2.10. The Kier molecular flexibility index (Phi) is 3.07. The number of hydrogen-bond acceptors (Lipinski definition) is 7. The van der Waals surface area contributed by atoms with E-state index in [1.54, 1.807) is 12.4 Å². The normalized spacial score (nSPS) is 18.3. The first-order chi connectivity index (χ1) is 11.9. The number of aromatic nitrogens is 6. The highest BCUT2D eigenvalue weighted by Gasteiger charge is 2.30. The molecular formula is C16H18N8. The standard InChI is InChI=1S/C16H18N8/c1-4-18-16(19-5-1)23-10-8-22(9-11-23)14-15-21-20-13(12-2-3-12)24(15)7-6-17-14/h1,4-7,12H,2-3,8-11H2. The topological polar surface area (TPSA) is 75.3 Å². The molecule has 8 nitrogen and oxygen atoms in total. The Morgan fingerprint density at radius 2 is 1.58 bits per heavy atom. The third kappa shape index (κ3) is 2.26. The SMILES string of the molecule is c1cnc(N2CCN(c3nccn4c(C5CC5)nnc34)CC2)nc1. The third-order valence-electron chi connectivity index (χ3n) is 4.69. The minimum Gasteiger partial charge on any atom is -0.350 e. The summed E-state index contributed by atoms with van der Waals surface area (Å²) in [6.45, 7) is 3.49. The Morgan fingerprint density at radius 3 is 2.33 bits per heavy atom. The molecule has 3 aromatic heterocycles. The lowest BCUT2D eigenvalue weighted by Gasteiger charge is -2.35. The summed E-state index contributed by atoms with van der Waals surface area (Å²) in [6, 6.07) is 1.84. The fourth-order valence-electron chi connectivity index (χ4n) is 3.25. The second kappa shape index (κ2) is 5.40. The fourth-order valence-corrected chi connectivity index (χ4v) is 3.25. The molecule has 0 aromatic carbocycles. The first kappa shape index (κ1) is 13.6. The van der Waals surface area contributed by atoms with Crippen LogP contribution < -0.4 is 9.80 Å². The summed E-state index contributed by atoms with van der Waals surface area (Å²) in [5.41, 5.74) is 0.865. The molecule has 0 unspecified atom stereocenters. The number of fused-ring (bicyclic) bond motifs is 1. The van der Waals surface area contributed by atoms with Crippen LogP contribution in [0.1, 0.15) is 24.6 Å². The molecule has 3 aromatic rings. The van der Waals surface area contributed by atoms with Gasteiger partial charge in [-0.1, -0.05) is 0 Å². The Labute approximate surface area is 139 Å². The van der Waals surface area contributed by atoms with Crippen LogP contribution >= 0.6 is 0 Å². The van der Waals surface area contributed by atoms with Gasteiger partial charge in [0.1, 0.15) is 5.82 Å². The lowest BCUT2D eigenvalue weighted by molar-refractivity contribution is 0.634. The summed E-state index contributed by atoms with van der Waals surface area (Å²) in [5.74, 6) is 3.36. The van der Waals surface area contributed by atoms with Crippen LogP contribution in [-0.2, 0) is 0 Å². The summed E-state index contributed by atoms with van der Waals surface area (Å²) in [4.78, 5) is 17.7. The average Bonchev–Trinajstić information content (AvgIpc) is 3.41. The van der Waals surface area contributed by atoms with Gasteiger partial charge >= 0.3 is 0 Å². The zero-order chi connectivity index (χ0) is 15.9. The lowest BCUT2D eigenvalue weighted by Crippen LogP contribution is -2.47. The van der Waals surface area contributed by atoms with Crippen LogP contribution in [0.25, 0.3) is 5.65 Å². The van der Waals surface area contributed by atoms with Crippen LogP contribution in [0.3, 0.4) is 0 Å². The van der Waals surface area contributed by atoms with Crippen molar-refractivity contribution in [3.63, 3.8) is 0 Å². The van der Waals surface area contributed by atoms with E-state index in [4.69, 9.17) is 0 Å². The molecule has 1 aliphatic carbocycles. The number of anilines is 2. The Morgan fingerprint density at radius 1 is 0.833 bits per heavy atom. The summed E-state index contributed by atoms with van der Waals surface area (Å²) in [7, 11) is 0. The molecule has 2 fully saturated rings. The largest absolute Gasteiger partial charge is 0.350 e. The third-order valence-corrected chi connectivity index (χ3v) is 4.69. The van der Waals surface area contributed by atoms with Gasteiger partial charge in [0, 0.05) is 56.9 Å². The quantitative estimate of drug-likeness (QED) is 0.715. The Balaban J connectivity index is 1.39. The molecule has 8 heteroatoms. The van der Waals surface area contributed by atoms with E-state index in [0.29, 0.717) is 5.92 Å². The van der Waals surface area contributed by atoms with E-state index in [-0.39, 0.29) is 0 Å². The second-order valence-corrected chi connectivity index (χ2v) is 6.30. The maximum Gasteiger partial charge on any atom is 0.225 e. The van der Waals surface area contributed by atoms with Crippen molar-refractivity contribution in [2.24, 2.45) is 0 Å². The van der Waals surface area contributed by atoms with Crippen molar-refractivity contribution in [2.45, 2.75) is 18.8 Å². The second-order valence-electron chi connectivity index (χ2n) is 6.30. The molecular weight excluding hydrogens is 304 g/mol. The molecule has 0 spiro atoms. The molecule has 5 rings (SSSR count). The molecule has 0 bridgehead atoms. The molecule has 1 saturated carbocycles. The van der Waals surface area contributed by atoms with Crippen LogP contribution in [0.5, 0.6) is 0 Å². The van der Waals surface area contributed by atoms with Gasteiger partial charge in [-0.05, 0) is 18.9 Å². The molecule has 0 radical (unpaired) electrons. The highest BCUT2D eigenvalue weighted by molar-refractivity contribution is 5.64. The molecule has 4 heterocycles. The van der Waals surface area contributed by atoms with E-state index in [1.165, 1.54) is 12.8 Å². The minimum atomic E-state index is 0.572. The van der Waals surface area contributed by atoms with Gasteiger partial charge in [-0.2, -0.15) is 0 Å². The van der Waals surface area contributed by atoms with Gasteiger partial charge in [0.15, 0.2) is 5.82 Å². The van der Waals surface area contributed by atoms with Gasteiger partial charge in [-0.15, -0.1) is 10.2 Å². The molecule has 2 aliphatic rings. The van der Waals surface area contributed by atoms with Crippen LogP contribution in [0.2, 0.25) is 0 Å². The minimum absolute atomic E-state index is 0.572. The van der Waals surface area contributed by atoms with Crippen molar-refractivity contribution in [2.75, 3.05) is 36.0 Å². The maximum absolute atomic E-state index is 4.57. The molecule has 24 heavy (non-hydrogen) atoms. The molecule has 0 amide bonds. The number of nitrogens with zero attached hydrogens (tertiary/aromatic N) is 8. The molecule has 1 aliphatic heterocycles. The number of piperazine rings is 1. The highest BCUT2D eigenvalue weighted by Crippen LogP contribution is 2.39. The van der Waals surface area contributed by atoms with E-state index in [0.717, 1.165) is 49.4 Å². The smallest absolute Gasteiger partial charge is 0.225 e. The average molecular weight is 322 g/mol. The first-order valence-electron chi connectivity index (χ1n) is 8.37. The lowest BCUT2D eigenvalue weighted by atomic mass is 10.3. The van der Waals surface area contributed by atoms with Gasteiger partial charge in [-0.25, -0.2) is 15.0 Å². The van der Waals surface area contributed by atoms with Gasteiger partial charge in [-0.3, -0.25) is 4.40 Å². The van der Waals surface area contributed by atoms with Crippen molar-refractivity contribution >= 4 is 17.4 Å². The van der Waals surface area contributed by atoms with Gasteiger partial charge in [0.05, 0.1) is 0 Å². The van der Waals surface area contributed by atoms with E-state index >= 15 is 0 Å². The zero-order valence-electron chi connectivity index (χ0n) is 13.3. The van der Waals surface area contributed by atoms with E-state index in [9.17, 15) is 0 Å². The van der Waals surface area contributed by atoms with Gasteiger partial charge in [0.25, 0.3) is 0 Å². The molecule has 122 valence electrons. The van der Waals surface area contributed by atoms with Gasteiger partial charge < -0.3 is 9.80 Å². The van der Waals surface area contributed by atoms with Crippen molar-refractivity contribution < 1.29 is 0 Å². The predicted molar refractivity (Wildman–Crippen MR) is 89.2 cm³/mol. The Hall–Kier alpha value is -2.77. The van der Waals surface area contributed by atoms with Crippen molar-refractivity contribution in [3.05, 3.63) is 36.7 Å². The molecule has 0 atom stereocenters. The van der Waals surface area contributed by atoms with Crippen LogP contribution in [0.15, 0.2) is 30.9 Å². The van der Waals surface area contributed by atoms with Crippen molar-refractivity contribution in [1.29, 1.82) is 0 Å². The summed E-state index contributed by atoms with van der Waals surface area (Å²) in [6.07, 6.45) is 9.83. The summed E-state index contributed by atoms with van der Waals surface area (Å²) in [5, 5.41) is 8.79.